The highest BCUT2D eigenvalue weighted by atomic mass is 16.5. The quantitative estimate of drug-likeness (QED) is 0.626. The topological polar surface area (TPSA) is 110 Å². The molecule has 2 amide bonds. The monoisotopic (exact) mass is 390 g/mol. The van der Waals surface area contributed by atoms with Gasteiger partial charge in [-0.25, -0.2) is 4.79 Å². The van der Waals surface area contributed by atoms with Gasteiger partial charge in [0.1, 0.15) is 5.69 Å². The molecular formula is C21H18N4O4. The Morgan fingerprint density at radius 3 is 2.52 bits per heavy atom. The molecule has 3 rings (SSSR count). The van der Waals surface area contributed by atoms with Gasteiger partial charge in [0.05, 0.1) is 24.9 Å². The van der Waals surface area contributed by atoms with Gasteiger partial charge in [-0.15, -0.1) is 0 Å². The van der Waals surface area contributed by atoms with Crippen LogP contribution >= 0.6 is 0 Å². The lowest BCUT2D eigenvalue weighted by Gasteiger charge is -2.08. The Bertz CT molecular complexity index is 1040. The average Bonchev–Trinajstić information content (AvgIpc) is 2.77. The summed E-state index contributed by atoms with van der Waals surface area (Å²) in [5.74, 6) is -1.36. The SMILES string of the molecule is COC(=O)c1cccc(NC(=O)c2cc(C(=O)NCc3ccccn3)ccn2)c1. The van der Waals surface area contributed by atoms with Crippen molar-refractivity contribution in [1.82, 2.24) is 15.3 Å². The number of ether oxygens (including phenoxy) is 1. The van der Waals surface area contributed by atoms with E-state index >= 15 is 0 Å². The van der Waals surface area contributed by atoms with E-state index in [2.05, 4.69) is 25.3 Å². The van der Waals surface area contributed by atoms with Crippen LogP contribution in [0.25, 0.3) is 0 Å². The van der Waals surface area contributed by atoms with E-state index in [0.29, 0.717) is 16.8 Å². The second-order valence-electron chi connectivity index (χ2n) is 5.96. The Morgan fingerprint density at radius 2 is 1.76 bits per heavy atom. The predicted molar refractivity (Wildman–Crippen MR) is 105 cm³/mol. The minimum atomic E-state index is -0.509. The standard InChI is InChI=1S/C21H18N4O4/c1-29-21(28)15-5-4-7-16(11-15)25-20(27)18-12-14(8-10-23-18)19(26)24-13-17-6-2-3-9-22-17/h2-12H,13H2,1H3,(H,24,26)(H,25,27). The van der Waals surface area contributed by atoms with Crippen LogP contribution < -0.4 is 10.6 Å². The third-order valence-electron chi connectivity index (χ3n) is 3.95. The van der Waals surface area contributed by atoms with Crippen LogP contribution in [0, 0.1) is 0 Å². The highest BCUT2D eigenvalue weighted by Gasteiger charge is 2.13. The lowest BCUT2D eigenvalue weighted by atomic mass is 10.2. The number of anilines is 1. The van der Waals surface area contributed by atoms with Gasteiger partial charge in [0, 0.05) is 23.6 Å². The van der Waals surface area contributed by atoms with Gasteiger partial charge in [-0.1, -0.05) is 12.1 Å². The van der Waals surface area contributed by atoms with Crippen molar-refractivity contribution in [2.75, 3.05) is 12.4 Å². The van der Waals surface area contributed by atoms with Gasteiger partial charge in [0.2, 0.25) is 0 Å². The molecule has 0 saturated carbocycles. The van der Waals surface area contributed by atoms with Crippen LogP contribution in [0.1, 0.15) is 36.9 Å². The van der Waals surface area contributed by atoms with E-state index in [0.717, 1.165) is 5.69 Å². The van der Waals surface area contributed by atoms with E-state index in [9.17, 15) is 14.4 Å². The Morgan fingerprint density at radius 1 is 0.897 bits per heavy atom. The summed E-state index contributed by atoms with van der Waals surface area (Å²) >= 11 is 0. The van der Waals surface area contributed by atoms with Crippen molar-refractivity contribution in [2.45, 2.75) is 6.54 Å². The largest absolute Gasteiger partial charge is 0.465 e. The fraction of sp³-hybridized carbons (Fsp3) is 0.0952. The minimum absolute atomic E-state index is 0.0685. The fourth-order valence-corrected chi connectivity index (χ4v) is 2.51. The third-order valence-corrected chi connectivity index (χ3v) is 3.95. The highest BCUT2D eigenvalue weighted by Crippen LogP contribution is 2.13. The van der Waals surface area contributed by atoms with Crippen molar-refractivity contribution in [3.8, 4) is 0 Å². The molecule has 0 bridgehead atoms. The summed E-state index contributed by atoms with van der Waals surface area (Å²) in [6, 6.07) is 14.7. The molecule has 1 aromatic carbocycles. The van der Waals surface area contributed by atoms with Gasteiger partial charge in [0.25, 0.3) is 11.8 Å². The summed E-state index contributed by atoms with van der Waals surface area (Å²) < 4.78 is 4.66. The number of benzene rings is 1. The van der Waals surface area contributed by atoms with Crippen molar-refractivity contribution in [2.24, 2.45) is 0 Å². The second-order valence-corrected chi connectivity index (χ2v) is 5.96. The van der Waals surface area contributed by atoms with Gasteiger partial charge in [0.15, 0.2) is 0 Å². The number of esters is 1. The molecular weight excluding hydrogens is 372 g/mol. The number of nitrogens with zero attached hydrogens (tertiary/aromatic N) is 2. The lowest BCUT2D eigenvalue weighted by Crippen LogP contribution is -2.24. The molecule has 0 saturated heterocycles. The summed E-state index contributed by atoms with van der Waals surface area (Å²) in [4.78, 5) is 44.6. The zero-order valence-corrected chi connectivity index (χ0v) is 15.6. The number of amides is 2. The first-order valence-electron chi connectivity index (χ1n) is 8.70. The summed E-state index contributed by atoms with van der Waals surface area (Å²) in [5.41, 5.74) is 1.80. The molecule has 2 N–H and O–H groups in total. The van der Waals surface area contributed by atoms with E-state index in [1.165, 1.54) is 31.5 Å². The van der Waals surface area contributed by atoms with Gasteiger partial charge < -0.3 is 15.4 Å². The van der Waals surface area contributed by atoms with E-state index in [1.54, 1.807) is 36.5 Å². The number of rotatable bonds is 6. The Hall–Kier alpha value is -4.07. The van der Waals surface area contributed by atoms with Crippen molar-refractivity contribution >= 4 is 23.5 Å². The minimum Gasteiger partial charge on any atom is -0.465 e. The number of pyridine rings is 2. The van der Waals surface area contributed by atoms with Crippen LogP contribution in [0.5, 0.6) is 0 Å². The van der Waals surface area contributed by atoms with Crippen molar-refractivity contribution in [1.29, 1.82) is 0 Å². The molecule has 2 aromatic heterocycles. The summed E-state index contributed by atoms with van der Waals surface area (Å²) in [6.45, 7) is 0.268. The molecule has 146 valence electrons. The number of carbonyl (C=O) groups is 3. The number of carbonyl (C=O) groups excluding carboxylic acids is 3. The van der Waals surface area contributed by atoms with Crippen molar-refractivity contribution in [3.63, 3.8) is 0 Å². The maximum Gasteiger partial charge on any atom is 0.337 e. The van der Waals surface area contributed by atoms with E-state index in [4.69, 9.17) is 0 Å². The Kier molecular flexibility index (Phi) is 6.26. The molecule has 0 aliphatic carbocycles. The Balaban J connectivity index is 1.67. The molecule has 0 unspecified atom stereocenters. The molecule has 29 heavy (non-hydrogen) atoms. The molecule has 3 aromatic rings. The summed E-state index contributed by atoms with van der Waals surface area (Å²) in [6.07, 6.45) is 3.03. The molecule has 8 heteroatoms. The number of aromatic nitrogens is 2. The third kappa shape index (κ3) is 5.23. The number of hydrogen-bond acceptors (Lipinski definition) is 6. The maximum absolute atomic E-state index is 12.5. The van der Waals surface area contributed by atoms with E-state index < -0.39 is 11.9 Å². The first-order chi connectivity index (χ1) is 14.1. The first kappa shape index (κ1) is 19.7. The number of hydrogen-bond donors (Lipinski definition) is 2. The second kappa shape index (κ2) is 9.23. The van der Waals surface area contributed by atoms with Gasteiger partial charge in [-0.2, -0.15) is 0 Å². The lowest BCUT2D eigenvalue weighted by molar-refractivity contribution is 0.0600. The van der Waals surface area contributed by atoms with Crippen LogP contribution in [0.15, 0.2) is 67.0 Å². The molecule has 0 aliphatic rings. The van der Waals surface area contributed by atoms with Crippen molar-refractivity contribution in [3.05, 3.63) is 89.5 Å². The molecule has 8 nitrogen and oxygen atoms in total. The molecule has 0 aliphatic heterocycles. The van der Waals surface area contributed by atoms with Crippen LogP contribution in [-0.2, 0) is 11.3 Å². The van der Waals surface area contributed by atoms with Crippen molar-refractivity contribution < 1.29 is 19.1 Å². The molecule has 0 atom stereocenters. The Labute approximate surface area is 167 Å². The summed E-state index contributed by atoms with van der Waals surface area (Å²) in [7, 11) is 1.28. The first-order valence-corrected chi connectivity index (χ1v) is 8.70. The average molecular weight is 390 g/mol. The van der Waals surface area contributed by atoms with E-state index in [1.807, 2.05) is 6.07 Å². The number of nitrogens with one attached hydrogen (secondary N) is 2. The molecule has 0 spiro atoms. The van der Waals surface area contributed by atoms with Gasteiger partial charge in [-0.05, 0) is 42.5 Å². The smallest absolute Gasteiger partial charge is 0.337 e. The molecule has 0 fully saturated rings. The molecule has 0 radical (unpaired) electrons. The highest BCUT2D eigenvalue weighted by molar-refractivity contribution is 6.05. The zero-order chi connectivity index (χ0) is 20.6. The van der Waals surface area contributed by atoms with Crippen LogP contribution in [-0.4, -0.2) is 34.9 Å². The zero-order valence-electron chi connectivity index (χ0n) is 15.6. The fourth-order valence-electron chi connectivity index (χ4n) is 2.51. The van der Waals surface area contributed by atoms with Crippen LogP contribution in [0.4, 0.5) is 5.69 Å². The van der Waals surface area contributed by atoms with Crippen LogP contribution in [0.2, 0.25) is 0 Å². The van der Waals surface area contributed by atoms with E-state index in [-0.39, 0.29) is 18.1 Å². The van der Waals surface area contributed by atoms with Crippen LogP contribution in [0.3, 0.4) is 0 Å². The predicted octanol–water partition coefficient (Wildman–Crippen LogP) is 2.45. The maximum atomic E-state index is 12.5. The van der Waals surface area contributed by atoms with Gasteiger partial charge in [-0.3, -0.25) is 19.6 Å². The normalized spacial score (nSPS) is 10.1. The van der Waals surface area contributed by atoms with Gasteiger partial charge >= 0.3 is 5.97 Å². The number of methoxy groups -OCH3 is 1. The summed E-state index contributed by atoms with van der Waals surface area (Å²) in [5, 5.41) is 5.40. The molecule has 2 heterocycles.